The molecular weight excluding hydrogens is 334 g/mol. The van der Waals surface area contributed by atoms with Gasteiger partial charge in [0.05, 0.1) is 0 Å². The summed E-state index contributed by atoms with van der Waals surface area (Å²) < 4.78 is 0. The number of aryl methyl sites for hydroxylation is 3. The monoisotopic (exact) mass is 353 g/mol. The smallest absolute Gasteiger partial charge is 0.267 e. The van der Waals surface area contributed by atoms with Crippen LogP contribution in [0.3, 0.4) is 0 Å². The number of anilines is 2. The predicted molar refractivity (Wildman–Crippen MR) is 103 cm³/mol. The number of carbonyl (C=O) groups is 1. The fourth-order valence-corrected chi connectivity index (χ4v) is 2.60. The normalized spacial score (nSPS) is 10.9. The number of benzene rings is 2. The van der Waals surface area contributed by atoms with E-state index in [-0.39, 0.29) is 5.57 Å². The van der Waals surface area contributed by atoms with Gasteiger partial charge >= 0.3 is 0 Å². The Labute approximate surface area is 153 Å². The van der Waals surface area contributed by atoms with Gasteiger partial charge in [-0.2, -0.15) is 5.26 Å². The Hall–Kier alpha value is -2.77. The zero-order chi connectivity index (χ0) is 18.4. The Kier molecular flexibility index (Phi) is 6.21. The Morgan fingerprint density at radius 2 is 2.00 bits per heavy atom. The van der Waals surface area contributed by atoms with Crippen LogP contribution in [-0.4, -0.2) is 5.91 Å². The van der Waals surface area contributed by atoms with E-state index in [1.807, 2.05) is 51.1 Å². The predicted octanol–water partition coefficient (Wildman–Crippen LogP) is 4.98. The molecule has 2 rings (SSSR count). The number of halogens is 1. The van der Waals surface area contributed by atoms with Gasteiger partial charge in [-0.1, -0.05) is 42.8 Å². The second-order valence-electron chi connectivity index (χ2n) is 5.69. The molecule has 0 bridgehead atoms. The van der Waals surface area contributed by atoms with Crippen LogP contribution in [0.4, 0.5) is 11.4 Å². The minimum absolute atomic E-state index is 0.00955. The summed E-state index contributed by atoms with van der Waals surface area (Å²) in [6, 6.07) is 13.2. The maximum Gasteiger partial charge on any atom is 0.267 e. The number of nitrogens with zero attached hydrogens (tertiary/aromatic N) is 1. The van der Waals surface area contributed by atoms with Crippen molar-refractivity contribution in [1.82, 2.24) is 0 Å². The van der Waals surface area contributed by atoms with Gasteiger partial charge < -0.3 is 10.6 Å². The van der Waals surface area contributed by atoms with Crippen LogP contribution in [0, 0.1) is 25.2 Å². The molecule has 2 aromatic rings. The lowest BCUT2D eigenvalue weighted by Gasteiger charge is -2.13. The molecule has 0 radical (unpaired) electrons. The van der Waals surface area contributed by atoms with Crippen molar-refractivity contribution in [2.45, 2.75) is 27.2 Å². The first kappa shape index (κ1) is 18.6. The molecular formula is C20H20ClN3O. The molecule has 4 nitrogen and oxygen atoms in total. The SMILES string of the molecule is CCc1cccc(C)c1NC(=O)/C(C#N)=C\Nc1cc(Cl)ccc1C. The molecule has 2 N–H and O–H groups in total. The summed E-state index contributed by atoms with van der Waals surface area (Å²) in [5, 5.41) is 15.7. The third-order valence-electron chi connectivity index (χ3n) is 3.92. The summed E-state index contributed by atoms with van der Waals surface area (Å²) in [4.78, 5) is 12.5. The van der Waals surface area contributed by atoms with Crippen molar-refractivity contribution < 1.29 is 4.79 Å². The van der Waals surface area contributed by atoms with Crippen LogP contribution < -0.4 is 10.6 Å². The van der Waals surface area contributed by atoms with Gasteiger partial charge in [-0.25, -0.2) is 0 Å². The molecule has 0 saturated heterocycles. The number of carbonyl (C=O) groups excluding carboxylic acids is 1. The van der Waals surface area contributed by atoms with Crippen LogP contribution in [0.1, 0.15) is 23.6 Å². The molecule has 0 saturated carbocycles. The number of hydrogen-bond donors (Lipinski definition) is 2. The van der Waals surface area contributed by atoms with E-state index < -0.39 is 5.91 Å². The number of rotatable bonds is 5. The molecule has 0 aromatic heterocycles. The summed E-state index contributed by atoms with van der Waals surface area (Å²) in [7, 11) is 0. The highest BCUT2D eigenvalue weighted by Crippen LogP contribution is 2.22. The molecule has 25 heavy (non-hydrogen) atoms. The number of hydrogen-bond acceptors (Lipinski definition) is 3. The fraction of sp³-hybridized carbons (Fsp3) is 0.200. The van der Waals surface area contributed by atoms with Crippen LogP contribution in [-0.2, 0) is 11.2 Å². The maximum atomic E-state index is 12.5. The molecule has 2 aromatic carbocycles. The highest BCUT2D eigenvalue weighted by Gasteiger charge is 2.13. The first-order valence-electron chi connectivity index (χ1n) is 7.99. The van der Waals surface area contributed by atoms with Crippen LogP contribution in [0.15, 0.2) is 48.2 Å². The number of amides is 1. The van der Waals surface area contributed by atoms with Crippen molar-refractivity contribution in [2.24, 2.45) is 0 Å². The first-order valence-corrected chi connectivity index (χ1v) is 8.36. The van der Waals surface area contributed by atoms with Gasteiger partial charge in [0.1, 0.15) is 11.6 Å². The second kappa shape index (κ2) is 8.36. The van der Waals surface area contributed by atoms with Crippen molar-refractivity contribution in [3.8, 4) is 6.07 Å². The van der Waals surface area contributed by atoms with Crippen LogP contribution in [0.2, 0.25) is 5.02 Å². The summed E-state index contributed by atoms with van der Waals surface area (Å²) in [5.41, 5.74) is 4.45. The van der Waals surface area contributed by atoms with Gasteiger partial charge in [0, 0.05) is 22.6 Å². The molecule has 0 aliphatic carbocycles. The van der Waals surface area contributed by atoms with E-state index in [9.17, 15) is 10.1 Å². The molecule has 0 atom stereocenters. The highest BCUT2D eigenvalue weighted by molar-refractivity contribution is 6.30. The van der Waals surface area contributed by atoms with Crippen LogP contribution >= 0.6 is 11.6 Å². The third-order valence-corrected chi connectivity index (χ3v) is 4.15. The van der Waals surface area contributed by atoms with E-state index in [1.54, 1.807) is 12.1 Å². The van der Waals surface area contributed by atoms with Crippen molar-refractivity contribution in [2.75, 3.05) is 10.6 Å². The Morgan fingerprint density at radius 3 is 2.68 bits per heavy atom. The standard InChI is InChI=1S/C20H20ClN3O/c1-4-15-7-5-6-14(3)19(15)24-20(25)16(11-22)12-23-18-10-17(21)9-8-13(18)2/h5-10,12,23H,4H2,1-3H3,(H,24,25)/b16-12-. The van der Waals surface area contributed by atoms with Crippen molar-refractivity contribution in [1.29, 1.82) is 5.26 Å². The lowest BCUT2D eigenvalue weighted by molar-refractivity contribution is -0.112. The van der Waals surface area contributed by atoms with Gasteiger partial charge in [-0.3, -0.25) is 4.79 Å². The zero-order valence-electron chi connectivity index (χ0n) is 14.5. The molecule has 0 unspecified atom stereocenters. The van der Waals surface area contributed by atoms with Crippen molar-refractivity contribution in [3.63, 3.8) is 0 Å². The molecule has 0 aliphatic rings. The van der Waals surface area contributed by atoms with Crippen molar-refractivity contribution in [3.05, 3.63) is 69.9 Å². The maximum absolute atomic E-state index is 12.5. The van der Waals surface area contributed by atoms with Crippen molar-refractivity contribution >= 4 is 28.9 Å². The molecule has 5 heteroatoms. The largest absolute Gasteiger partial charge is 0.360 e. The lowest BCUT2D eigenvalue weighted by Crippen LogP contribution is -2.16. The topological polar surface area (TPSA) is 64.9 Å². The average Bonchev–Trinajstić information content (AvgIpc) is 2.60. The Morgan fingerprint density at radius 1 is 1.24 bits per heavy atom. The summed E-state index contributed by atoms with van der Waals surface area (Å²) >= 11 is 5.98. The first-order chi connectivity index (χ1) is 12.0. The Balaban J connectivity index is 2.22. The number of nitrogens with one attached hydrogen (secondary N) is 2. The van der Waals surface area contributed by atoms with Gasteiger partial charge in [0.15, 0.2) is 0 Å². The van der Waals surface area contributed by atoms with E-state index >= 15 is 0 Å². The second-order valence-corrected chi connectivity index (χ2v) is 6.13. The summed E-state index contributed by atoms with van der Waals surface area (Å²) in [6.45, 7) is 5.87. The summed E-state index contributed by atoms with van der Waals surface area (Å²) in [5.74, 6) is -0.446. The van der Waals surface area contributed by atoms with Crippen LogP contribution in [0.25, 0.3) is 0 Å². The minimum atomic E-state index is -0.446. The molecule has 128 valence electrons. The Bertz CT molecular complexity index is 866. The third kappa shape index (κ3) is 4.62. The van der Waals surface area contributed by atoms with E-state index in [0.29, 0.717) is 5.02 Å². The highest BCUT2D eigenvalue weighted by atomic mass is 35.5. The minimum Gasteiger partial charge on any atom is -0.360 e. The van der Waals surface area contributed by atoms with E-state index in [0.717, 1.165) is 34.5 Å². The van der Waals surface area contributed by atoms with E-state index in [1.165, 1.54) is 6.20 Å². The molecule has 0 fully saturated rings. The molecule has 0 heterocycles. The van der Waals surface area contributed by atoms with Gasteiger partial charge in [-0.15, -0.1) is 0 Å². The zero-order valence-corrected chi connectivity index (χ0v) is 15.2. The number of nitriles is 1. The van der Waals surface area contributed by atoms with Gasteiger partial charge in [-0.05, 0) is 49.1 Å². The molecule has 1 amide bonds. The molecule has 0 spiro atoms. The van der Waals surface area contributed by atoms with E-state index in [4.69, 9.17) is 11.6 Å². The summed E-state index contributed by atoms with van der Waals surface area (Å²) in [6.07, 6.45) is 2.20. The lowest BCUT2D eigenvalue weighted by atomic mass is 10.1. The van der Waals surface area contributed by atoms with Crippen LogP contribution in [0.5, 0.6) is 0 Å². The average molecular weight is 354 g/mol. The van der Waals surface area contributed by atoms with Gasteiger partial charge in [0.2, 0.25) is 0 Å². The quantitative estimate of drug-likeness (QED) is 0.588. The van der Waals surface area contributed by atoms with E-state index in [2.05, 4.69) is 10.6 Å². The van der Waals surface area contributed by atoms with Gasteiger partial charge in [0.25, 0.3) is 5.91 Å². The number of para-hydroxylation sites is 1. The fourth-order valence-electron chi connectivity index (χ4n) is 2.43. The molecule has 0 aliphatic heterocycles.